The summed E-state index contributed by atoms with van der Waals surface area (Å²) in [6, 6.07) is 15.5. The molecule has 0 saturated carbocycles. The van der Waals surface area contributed by atoms with Crippen LogP contribution in [0.5, 0.6) is 0 Å². The van der Waals surface area contributed by atoms with Crippen molar-refractivity contribution in [3.63, 3.8) is 0 Å². The number of thiophene rings is 2. The minimum absolute atomic E-state index is 0.109. The Kier molecular flexibility index (Phi) is 5.09. The number of hydrogen-bond acceptors (Lipinski definition) is 3. The summed E-state index contributed by atoms with van der Waals surface area (Å²) in [6.07, 6.45) is 6.87. The number of carbonyl (C=O) groups excluding carboxylic acids is 1. The van der Waals surface area contributed by atoms with Crippen LogP contribution < -0.4 is 5.32 Å². The van der Waals surface area contributed by atoms with Crippen molar-refractivity contribution in [1.29, 1.82) is 0 Å². The third-order valence-corrected chi connectivity index (χ3v) is 8.82. The monoisotopic (exact) mass is 479 g/mol. The molecule has 0 unspecified atom stereocenters. The van der Waals surface area contributed by atoms with Crippen molar-refractivity contribution in [3.8, 4) is 5.00 Å². The Balaban J connectivity index is 1.49. The summed E-state index contributed by atoms with van der Waals surface area (Å²) in [5.74, 6) is 0. The van der Waals surface area contributed by atoms with Crippen molar-refractivity contribution in [1.82, 2.24) is 9.47 Å². The van der Waals surface area contributed by atoms with Crippen molar-refractivity contribution in [3.05, 3.63) is 91.7 Å². The van der Waals surface area contributed by atoms with Gasteiger partial charge in [-0.2, -0.15) is 0 Å². The van der Waals surface area contributed by atoms with E-state index in [0.717, 1.165) is 23.4 Å². The molecule has 1 N–H and O–H groups in total. The highest BCUT2D eigenvalue weighted by atomic mass is 35.5. The van der Waals surface area contributed by atoms with Crippen molar-refractivity contribution in [2.24, 2.45) is 0 Å². The molecule has 0 saturated heterocycles. The topological polar surface area (TPSA) is 37.3 Å². The van der Waals surface area contributed by atoms with Crippen LogP contribution in [0.1, 0.15) is 45.5 Å². The number of hydrogen-bond donors (Lipinski definition) is 1. The molecular formula is C25H22ClN3OS2. The van der Waals surface area contributed by atoms with Gasteiger partial charge in [-0.05, 0) is 73.0 Å². The lowest BCUT2D eigenvalue weighted by Crippen LogP contribution is -2.37. The van der Waals surface area contributed by atoms with Gasteiger partial charge in [0.2, 0.25) is 0 Å². The fourth-order valence-electron chi connectivity index (χ4n) is 4.89. The summed E-state index contributed by atoms with van der Waals surface area (Å²) in [4.78, 5) is 18.4. The lowest BCUT2D eigenvalue weighted by Gasteiger charge is -2.30. The second-order valence-corrected chi connectivity index (χ2v) is 10.8. The quantitative estimate of drug-likeness (QED) is 0.322. The summed E-state index contributed by atoms with van der Waals surface area (Å²) < 4.78 is 2.31. The normalized spacial score (nSPS) is 17.3. The van der Waals surface area contributed by atoms with Crippen LogP contribution in [0, 0.1) is 0 Å². The summed E-state index contributed by atoms with van der Waals surface area (Å²) in [5.41, 5.74) is 4.61. The number of amides is 2. The third kappa shape index (κ3) is 3.38. The van der Waals surface area contributed by atoms with Crippen LogP contribution >= 0.6 is 34.3 Å². The number of rotatable bonds is 2. The number of nitrogens with one attached hydrogen (secondary N) is 1. The lowest BCUT2D eigenvalue weighted by atomic mass is 9.95. The second kappa shape index (κ2) is 8.10. The Hall–Kier alpha value is -2.54. The van der Waals surface area contributed by atoms with E-state index in [2.05, 4.69) is 45.7 Å². The Labute approximate surface area is 200 Å². The van der Waals surface area contributed by atoms with Crippen molar-refractivity contribution < 1.29 is 4.79 Å². The van der Waals surface area contributed by atoms with Crippen molar-refractivity contribution in [2.75, 3.05) is 5.32 Å². The van der Waals surface area contributed by atoms with Gasteiger partial charge in [0.1, 0.15) is 11.0 Å². The number of aromatic nitrogens is 1. The van der Waals surface area contributed by atoms with Crippen LogP contribution in [-0.4, -0.2) is 15.5 Å². The molecule has 4 nitrogen and oxygen atoms in total. The van der Waals surface area contributed by atoms with E-state index in [9.17, 15) is 4.79 Å². The van der Waals surface area contributed by atoms with E-state index in [1.807, 2.05) is 34.4 Å². The highest BCUT2D eigenvalue weighted by Gasteiger charge is 2.36. The van der Waals surface area contributed by atoms with Crippen LogP contribution in [0.4, 0.5) is 10.5 Å². The molecule has 7 heteroatoms. The van der Waals surface area contributed by atoms with Gasteiger partial charge in [-0.3, -0.25) is 0 Å². The predicted molar refractivity (Wildman–Crippen MR) is 132 cm³/mol. The molecule has 162 valence electrons. The first-order valence-corrected chi connectivity index (χ1v) is 12.9. The molecule has 0 bridgehead atoms. The Morgan fingerprint density at radius 3 is 2.81 bits per heavy atom. The first-order valence-electron chi connectivity index (χ1n) is 10.9. The average Bonchev–Trinajstić information content (AvgIpc) is 3.53. The zero-order valence-electron chi connectivity index (χ0n) is 17.4. The van der Waals surface area contributed by atoms with E-state index in [4.69, 9.17) is 11.6 Å². The van der Waals surface area contributed by atoms with Gasteiger partial charge in [0.25, 0.3) is 0 Å². The zero-order valence-corrected chi connectivity index (χ0v) is 19.8. The van der Waals surface area contributed by atoms with Gasteiger partial charge < -0.3 is 14.8 Å². The van der Waals surface area contributed by atoms with Crippen LogP contribution in [0.3, 0.4) is 0 Å². The number of aryl methyl sites for hydroxylation is 1. The maximum Gasteiger partial charge on any atom is 0.323 e. The zero-order chi connectivity index (χ0) is 21.7. The molecule has 0 spiro atoms. The molecule has 1 aliphatic heterocycles. The van der Waals surface area contributed by atoms with Gasteiger partial charge in [-0.1, -0.05) is 23.7 Å². The highest BCUT2D eigenvalue weighted by Crippen LogP contribution is 2.44. The Morgan fingerprint density at radius 1 is 1.06 bits per heavy atom. The molecular weight excluding hydrogens is 458 g/mol. The van der Waals surface area contributed by atoms with Gasteiger partial charge >= 0.3 is 6.03 Å². The van der Waals surface area contributed by atoms with Gasteiger partial charge in [0, 0.05) is 32.2 Å². The maximum absolute atomic E-state index is 13.7. The van der Waals surface area contributed by atoms with Gasteiger partial charge in [-0.15, -0.1) is 22.7 Å². The van der Waals surface area contributed by atoms with Gasteiger partial charge in [0.05, 0.1) is 12.2 Å². The minimum Gasteiger partial charge on any atom is -0.310 e. The second-order valence-electron chi connectivity index (χ2n) is 8.28. The van der Waals surface area contributed by atoms with E-state index in [0.29, 0.717) is 17.3 Å². The Morgan fingerprint density at radius 2 is 1.97 bits per heavy atom. The van der Waals surface area contributed by atoms with Gasteiger partial charge in [-0.25, -0.2) is 4.79 Å². The molecule has 0 fully saturated rings. The number of carbonyl (C=O) groups is 1. The Bertz CT molecular complexity index is 1290. The van der Waals surface area contributed by atoms with Crippen LogP contribution in [-0.2, 0) is 19.4 Å². The largest absolute Gasteiger partial charge is 0.323 e. The van der Waals surface area contributed by atoms with E-state index in [-0.39, 0.29) is 12.1 Å². The van der Waals surface area contributed by atoms with Crippen LogP contribution in [0.2, 0.25) is 5.02 Å². The summed E-state index contributed by atoms with van der Waals surface area (Å²) in [6.45, 7) is 0.595. The molecule has 1 aliphatic carbocycles. The van der Waals surface area contributed by atoms with Crippen molar-refractivity contribution >= 4 is 46.0 Å². The minimum atomic E-state index is -0.150. The molecule has 1 aromatic carbocycles. The molecule has 3 aromatic heterocycles. The summed E-state index contributed by atoms with van der Waals surface area (Å²) >= 11 is 9.77. The number of fused-ring (bicyclic) bond motifs is 5. The molecule has 4 heterocycles. The SMILES string of the molecule is O=C(Nc1cccc(Cl)c1)N1Cc2c(sc3c2CCCC3)-n2cccc2[C@H]1c1cccs1. The third-order valence-electron chi connectivity index (χ3n) is 6.33. The van der Waals surface area contributed by atoms with E-state index in [1.165, 1.54) is 33.8 Å². The standard InChI is InChI=1S/C25H22ClN3OS2/c26-16-6-3-7-17(14-16)27-25(30)29-15-19-18-8-1-2-10-21(18)32-24(19)28-12-4-9-20(28)23(29)22-11-5-13-31-22/h3-7,9,11-14,23H,1-2,8,10,15H2,(H,27,30)/t23-/m0/s1. The van der Waals surface area contributed by atoms with Crippen LogP contribution in [0.25, 0.3) is 5.00 Å². The summed E-state index contributed by atoms with van der Waals surface area (Å²) in [7, 11) is 0. The first-order chi connectivity index (χ1) is 15.7. The molecule has 6 rings (SSSR count). The molecule has 1 atom stereocenters. The van der Waals surface area contributed by atoms with E-state index >= 15 is 0 Å². The molecule has 4 aromatic rings. The molecule has 2 aliphatic rings. The molecule has 0 radical (unpaired) electrons. The maximum atomic E-state index is 13.7. The smallest absolute Gasteiger partial charge is 0.310 e. The molecule has 32 heavy (non-hydrogen) atoms. The number of benzene rings is 1. The molecule has 2 amide bonds. The van der Waals surface area contributed by atoms with E-state index < -0.39 is 0 Å². The van der Waals surface area contributed by atoms with E-state index in [1.54, 1.807) is 17.4 Å². The fraction of sp³-hybridized carbons (Fsp3) is 0.240. The average molecular weight is 480 g/mol. The number of urea groups is 1. The number of halogens is 1. The lowest BCUT2D eigenvalue weighted by molar-refractivity contribution is 0.195. The van der Waals surface area contributed by atoms with Gasteiger partial charge in [0.15, 0.2) is 0 Å². The number of anilines is 1. The first kappa shape index (κ1) is 20.1. The van der Waals surface area contributed by atoms with Crippen molar-refractivity contribution in [2.45, 2.75) is 38.3 Å². The fourth-order valence-corrected chi connectivity index (χ4v) is 7.34. The van der Waals surface area contributed by atoms with Crippen LogP contribution in [0.15, 0.2) is 60.1 Å². The summed E-state index contributed by atoms with van der Waals surface area (Å²) in [5, 5.41) is 7.06. The predicted octanol–water partition coefficient (Wildman–Crippen LogP) is 7.27. The highest BCUT2D eigenvalue weighted by molar-refractivity contribution is 7.15. The number of nitrogens with zero attached hydrogens (tertiary/aromatic N) is 2.